The minimum atomic E-state index is -0.703. The summed E-state index contributed by atoms with van der Waals surface area (Å²) in [5.41, 5.74) is 2.22. The Morgan fingerprint density at radius 3 is 2.80 bits per heavy atom. The Morgan fingerprint density at radius 2 is 1.95 bits per heavy atom. The van der Waals surface area contributed by atoms with E-state index < -0.39 is 5.79 Å². The van der Waals surface area contributed by atoms with Crippen molar-refractivity contribution in [1.29, 1.82) is 0 Å². The molecule has 0 amide bonds. The van der Waals surface area contributed by atoms with Gasteiger partial charge in [0.2, 0.25) is 5.79 Å². The lowest BCUT2D eigenvalue weighted by Crippen LogP contribution is -2.44. The van der Waals surface area contributed by atoms with Crippen molar-refractivity contribution in [2.45, 2.75) is 24.5 Å². The molecule has 2 aliphatic heterocycles. The minimum Gasteiger partial charge on any atom is -0.508 e. The summed E-state index contributed by atoms with van der Waals surface area (Å²) in [6, 6.07) is 15.4. The van der Waals surface area contributed by atoms with E-state index in [0.717, 1.165) is 24.2 Å². The van der Waals surface area contributed by atoms with Gasteiger partial charge in [-0.2, -0.15) is 0 Å². The van der Waals surface area contributed by atoms with E-state index in [1.807, 2.05) is 36.4 Å². The highest BCUT2D eigenvalue weighted by Gasteiger charge is 2.46. The molecule has 2 aromatic carbocycles. The van der Waals surface area contributed by atoms with Crippen molar-refractivity contribution < 1.29 is 14.6 Å². The van der Waals surface area contributed by atoms with Crippen LogP contribution in [0.15, 0.2) is 48.5 Å². The molecular weight excluding hydrogens is 252 g/mol. The second-order valence-corrected chi connectivity index (χ2v) is 5.48. The normalized spacial score (nSPS) is 27.5. The van der Waals surface area contributed by atoms with Crippen molar-refractivity contribution in [3.8, 4) is 11.5 Å². The Bertz CT molecular complexity index is 638. The van der Waals surface area contributed by atoms with E-state index in [0.29, 0.717) is 12.5 Å². The van der Waals surface area contributed by atoms with Gasteiger partial charge in [-0.1, -0.05) is 36.4 Å². The van der Waals surface area contributed by atoms with Crippen molar-refractivity contribution in [2.24, 2.45) is 0 Å². The molecule has 2 aromatic rings. The SMILES string of the molecule is Oc1ccc2c(c1)OC1(c3ccccc3)CC2CCO1. The lowest BCUT2D eigenvalue weighted by atomic mass is 9.81. The van der Waals surface area contributed by atoms with Crippen LogP contribution < -0.4 is 4.74 Å². The lowest BCUT2D eigenvalue weighted by Gasteiger charge is -2.45. The summed E-state index contributed by atoms with van der Waals surface area (Å²) in [7, 11) is 0. The van der Waals surface area contributed by atoms with E-state index in [1.54, 1.807) is 12.1 Å². The van der Waals surface area contributed by atoms with Crippen LogP contribution in [0.5, 0.6) is 11.5 Å². The van der Waals surface area contributed by atoms with E-state index in [4.69, 9.17) is 9.47 Å². The molecule has 1 saturated heterocycles. The third-order valence-corrected chi connectivity index (χ3v) is 4.24. The number of phenolic OH excluding ortho intramolecular Hbond substituents is 1. The van der Waals surface area contributed by atoms with E-state index in [9.17, 15) is 5.11 Å². The first-order valence-corrected chi connectivity index (χ1v) is 6.98. The lowest BCUT2D eigenvalue weighted by molar-refractivity contribution is -0.228. The van der Waals surface area contributed by atoms with Crippen LogP contribution in [-0.4, -0.2) is 11.7 Å². The van der Waals surface area contributed by atoms with Gasteiger partial charge in [-0.3, -0.25) is 0 Å². The number of benzene rings is 2. The predicted octanol–water partition coefficient (Wildman–Crippen LogP) is 3.53. The summed E-state index contributed by atoms with van der Waals surface area (Å²) < 4.78 is 12.2. The zero-order chi connectivity index (χ0) is 13.6. The molecule has 20 heavy (non-hydrogen) atoms. The monoisotopic (exact) mass is 268 g/mol. The van der Waals surface area contributed by atoms with E-state index >= 15 is 0 Å². The molecule has 2 aliphatic rings. The molecule has 0 radical (unpaired) electrons. The van der Waals surface area contributed by atoms with Crippen LogP contribution in [0.25, 0.3) is 0 Å². The van der Waals surface area contributed by atoms with Gasteiger partial charge in [0, 0.05) is 18.1 Å². The third kappa shape index (κ3) is 1.70. The molecule has 3 nitrogen and oxygen atoms in total. The molecule has 0 aromatic heterocycles. The summed E-state index contributed by atoms with van der Waals surface area (Å²) in [5.74, 6) is 0.690. The van der Waals surface area contributed by atoms with Gasteiger partial charge >= 0.3 is 0 Å². The fourth-order valence-corrected chi connectivity index (χ4v) is 3.27. The van der Waals surface area contributed by atoms with E-state index in [1.165, 1.54) is 5.56 Å². The molecule has 2 atom stereocenters. The minimum absolute atomic E-state index is 0.229. The van der Waals surface area contributed by atoms with Gasteiger partial charge in [-0.25, -0.2) is 0 Å². The first-order valence-electron chi connectivity index (χ1n) is 6.98. The maximum absolute atomic E-state index is 9.69. The van der Waals surface area contributed by atoms with Crippen LogP contribution in [-0.2, 0) is 10.5 Å². The van der Waals surface area contributed by atoms with Gasteiger partial charge < -0.3 is 14.6 Å². The molecule has 2 heterocycles. The number of fused-ring (bicyclic) bond motifs is 4. The summed E-state index contributed by atoms with van der Waals surface area (Å²) in [4.78, 5) is 0. The Hall–Kier alpha value is -2.00. The molecule has 0 spiro atoms. The van der Waals surface area contributed by atoms with E-state index in [-0.39, 0.29) is 5.75 Å². The van der Waals surface area contributed by atoms with Gasteiger partial charge in [0.15, 0.2) is 0 Å². The van der Waals surface area contributed by atoms with Crippen LogP contribution in [0.1, 0.15) is 29.9 Å². The predicted molar refractivity (Wildman–Crippen MR) is 74.8 cm³/mol. The highest BCUT2D eigenvalue weighted by Crippen LogP contribution is 2.51. The fraction of sp³-hybridized carbons (Fsp3) is 0.294. The molecule has 2 bridgehead atoms. The molecule has 0 aliphatic carbocycles. The molecule has 4 rings (SSSR count). The van der Waals surface area contributed by atoms with E-state index in [2.05, 4.69) is 0 Å². The smallest absolute Gasteiger partial charge is 0.237 e. The molecule has 102 valence electrons. The number of hydrogen-bond donors (Lipinski definition) is 1. The van der Waals surface area contributed by atoms with Gasteiger partial charge in [0.05, 0.1) is 6.61 Å². The van der Waals surface area contributed by atoms with Gasteiger partial charge in [-0.15, -0.1) is 0 Å². The van der Waals surface area contributed by atoms with Crippen LogP contribution in [0.2, 0.25) is 0 Å². The van der Waals surface area contributed by atoms with Crippen molar-refractivity contribution in [3.05, 3.63) is 59.7 Å². The maximum Gasteiger partial charge on any atom is 0.237 e. The summed E-state index contributed by atoms with van der Waals surface area (Å²) in [6.45, 7) is 0.694. The van der Waals surface area contributed by atoms with Crippen molar-refractivity contribution in [1.82, 2.24) is 0 Å². The Labute approximate surface area is 117 Å². The van der Waals surface area contributed by atoms with Gasteiger partial charge in [0.1, 0.15) is 11.5 Å². The zero-order valence-corrected chi connectivity index (χ0v) is 11.1. The highest BCUT2D eigenvalue weighted by molar-refractivity contribution is 5.45. The number of phenols is 1. The van der Waals surface area contributed by atoms with Crippen LogP contribution in [0.3, 0.4) is 0 Å². The molecule has 2 unspecified atom stereocenters. The molecular formula is C17H16O3. The largest absolute Gasteiger partial charge is 0.508 e. The average Bonchev–Trinajstić information content (AvgIpc) is 2.48. The molecule has 1 N–H and O–H groups in total. The maximum atomic E-state index is 9.69. The molecule has 0 saturated carbocycles. The first-order chi connectivity index (χ1) is 9.77. The van der Waals surface area contributed by atoms with Crippen LogP contribution >= 0.6 is 0 Å². The van der Waals surface area contributed by atoms with Crippen LogP contribution in [0.4, 0.5) is 0 Å². The first kappa shape index (κ1) is 11.8. The third-order valence-electron chi connectivity index (χ3n) is 4.24. The number of hydrogen-bond acceptors (Lipinski definition) is 3. The topological polar surface area (TPSA) is 38.7 Å². The van der Waals surface area contributed by atoms with Crippen LogP contribution in [0, 0.1) is 0 Å². The second-order valence-electron chi connectivity index (χ2n) is 5.48. The zero-order valence-electron chi connectivity index (χ0n) is 11.1. The average molecular weight is 268 g/mol. The molecule has 1 fully saturated rings. The summed E-state index contributed by atoms with van der Waals surface area (Å²) in [5, 5.41) is 9.69. The Morgan fingerprint density at radius 1 is 1.10 bits per heavy atom. The number of aromatic hydroxyl groups is 1. The quantitative estimate of drug-likeness (QED) is 0.860. The summed E-state index contributed by atoms with van der Waals surface area (Å²) in [6.07, 6.45) is 1.82. The Kier molecular flexibility index (Phi) is 2.51. The standard InChI is InChI=1S/C17H16O3/c18-14-6-7-15-12-8-9-19-17(11-12,20-16(15)10-14)13-4-2-1-3-5-13/h1-7,10,12,18H,8-9,11H2. The van der Waals surface area contributed by atoms with Gasteiger partial charge in [0.25, 0.3) is 0 Å². The second kappa shape index (κ2) is 4.25. The number of ether oxygens (including phenoxy) is 2. The fourth-order valence-electron chi connectivity index (χ4n) is 3.27. The van der Waals surface area contributed by atoms with Crippen molar-refractivity contribution in [3.63, 3.8) is 0 Å². The van der Waals surface area contributed by atoms with Crippen molar-refractivity contribution >= 4 is 0 Å². The summed E-state index contributed by atoms with van der Waals surface area (Å²) >= 11 is 0. The Balaban J connectivity index is 1.84. The highest BCUT2D eigenvalue weighted by atomic mass is 16.7. The molecule has 3 heteroatoms. The number of rotatable bonds is 1. The van der Waals surface area contributed by atoms with Gasteiger partial charge in [-0.05, 0) is 24.0 Å². The van der Waals surface area contributed by atoms with Crippen molar-refractivity contribution in [2.75, 3.05) is 6.61 Å².